The second-order valence-corrected chi connectivity index (χ2v) is 4.13. The van der Waals surface area contributed by atoms with Crippen LogP contribution in [0.25, 0.3) is 10.8 Å². The van der Waals surface area contributed by atoms with Gasteiger partial charge in [-0.1, -0.05) is 18.2 Å². The van der Waals surface area contributed by atoms with Gasteiger partial charge in [-0.25, -0.2) is 0 Å². The fourth-order valence-corrected chi connectivity index (χ4v) is 2.25. The number of nitrogens with one attached hydrogen (secondary N) is 2. The van der Waals surface area contributed by atoms with E-state index < -0.39 is 0 Å². The summed E-state index contributed by atoms with van der Waals surface area (Å²) in [5, 5.41) is 21.6. The molecule has 0 aliphatic carbocycles. The maximum atomic E-state index is 11.8. The Hall–Kier alpha value is -2.36. The number of hydrogen-bond donors (Lipinski definition) is 3. The minimum atomic E-state index is -0.339. The van der Waals surface area contributed by atoms with Crippen molar-refractivity contribution in [3.63, 3.8) is 0 Å². The van der Waals surface area contributed by atoms with Crippen LogP contribution >= 0.6 is 0 Å². The Morgan fingerprint density at radius 2 is 2.06 bits per heavy atom. The van der Waals surface area contributed by atoms with Crippen LogP contribution in [0.15, 0.2) is 24.3 Å². The number of phenols is 1. The Bertz CT molecular complexity index is 689. The van der Waals surface area contributed by atoms with Crippen LogP contribution in [-0.2, 0) is 0 Å². The standard InChI is InChI=1S/C13H10N2O2/c1-6-7-3-2-4-8-11(7)9(5-10(6)16)13(17)15-12(8)14/h2-5,16H,1H3,(H2,14,15,17). The third-order valence-corrected chi connectivity index (χ3v) is 3.16. The van der Waals surface area contributed by atoms with E-state index in [1.165, 1.54) is 6.07 Å². The van der Waals surface area contributed by atoms with Crippen molar-refractivity contribution in [2.45, 2.75) is 6.92 Å². The topological polar surface area (TPSA) is 73.2 Å². The molecule has 0 saturated carbocycles. The molecule has 1 aliphatic heterocycles. The molecular formula is C13H10N2O2. The van der Waals surface area contributed by atoms with Crippen LogP contribution in [0, 0.1) is 12.3 Å². The Balaban J connectivity index is 2.59. The number of aromatic hydroxyl groups is 1. The number of amidine groups is 1. The third-order valence-electron chi connectivity index (χ3n) is 3.16. The highest BCUT2D eigenvalue weighted by atomic mass is 16.3. The van der Waals surface area contributed by atoms with Crippen LogP contribution in [0.1, 0.15) is 21.5 Å². The summed E-state index contributed by atoms with van der Waals surface area (Å²) in [6, 6.07) is 6.93. The first-order valence-electron chi connectivity index (χ1n) is 5.25. The molecule has 4 nitrogen and oxygen atoms in total. The average molecular weight is 226 g/mol. The van der Waals surface area contributed by atoms with E-state index >= 15 is 0 Å². The number of hydrogen-bond acceptors (Lipinski definition) is 3. The number of carbonyl (C=O) groups excluding carboxylic acids is 1. The summed E-state index contributed by atoms with van der Waals surface area (Å²) >= 11 is 0. The van der Waals surface area contributed by atoms with E-state index in [1.54, 1.807) is 13.0 Å². The molecule has 2 aromatic carbocycles. The van der Waals surface area contributed by atoms with E-state index in [2.05, 4.69) is 5.32 Å². The zero-order chi connectivity index (χ0) is 12.2. The van der Waals surface area contributed by atoms with Gasteiger partial charge in [-0.05, 0) is 23.9 Å². The van der Waals surface area contributed by atoms with E-state index in [0.29, 0.717) is 11.1 Å². The second-order valence-electron chi connectivity index (χ2n) is 4.13. The van der Waals surface area contributed by atoms with Gasteiger partial charge in [0.15, 0.2) is 0 Å². The molecule has 1 amide bonds. The fourth-order valence-electron chi connectivity index (χ4n) is 2.25. The van der Waals surface area contributed by atoms with Crippen LogP contribution in [0.5, 0.6) is 5.75 Å². The number of rotatable bonds is 0. The molecule has 0 bridgehead atoms. The van der Waals surface area contributed by atoms with Gasteiger partial charge in [-0.2, -0.15) is 0 Å². The summed E-state index contributed by atoms with van der Waals surface area (Å²) in [6.45, 7) is 1.80. The highest BCUT2D eigenvalue weighted by Crippen LogP contribution is 2.33. The fraction of sp³-hybridized carbons (Fsp3) is 0.0769. The van der Waals surface area contributed by atoms with E-state index in [1.807, 2.05) is 12.1 Å². The van der Waals surface area contributed by atoms with Crippen molar-refractivity contribution >= 4 is 22.5 Å². The SMILES string of the molecule is Cc1c(O)cc2c3c(cccc13)C(=N)NC2=O. The predicted octanol–water partition coefficient (Wildman–Crippen LogP) is 1.92. The van der Waals surface area contributed by atoms with Gasteiger partial charge in [-0.3, -0.25) is 10.2 Å². The molecule has 2 aromatic rings. The summed E-state index contributed by atoms with van der Waals surface area (Å²) in [5.74, 6) is -0.125. The lowest BCUT2D eigenvalue weighted by Gasteiger charge is -2.20. The van der Waals surface area contributed by atoms with Crippen molar-refractivity contribution in [2.75, 3.05) is 0 Å². The Morgan fingerprint density at radius 1 is 1.29 bits per heavy atom. The van der Waals surface area contributed by atoms with E-state index in [-0.39, 0.29) is 17.5 Å². The van der Waals surface area contributed by atoms with Crippen molar-refractivity contribution in [1.29, 1.82) is 5.41 Å². The summed E-state index contributed by atoms with van der Waals surface area (Å²) < 4.78 is 0. The Labute approximate surface area is 97.4 Å². The first-order valence-corrected chi connectivity index (χ1v) is 5.25. The number of aryl methyl sites for hydroxylation is 1. The monoisotopic (exact) mass is 226 g/mol. The average Bonchev–Trinajstić information content (AvgIpc) is 2.31. The summed E-state index contributed by atoms with van der Waals surface area (Å²) in [4.78, 5) is 11.8. The second kappa shape index (κ2) is 3.07. The zero-order valence-electron chi connectivity index (χ0n) is 9.16. The molecule has 1 heterocycles. The first kappa shape index (κ1) is 9.84. The highest BCUT2D eigenvalue weighted by Gasteiger charge is 2.24. The van der Waals surface area contributed by atoms with Crippen molar-refractivity contribution in [2.24, 2.45) is 0 Å². The van der Waals surface area contributed by atoms with Crippen LogP contribution in [0.2, 0.25) is 0 Å². The van der Waals surface area contributed by atoms with Crippen molar-refractivity contribution < 1.29 is 9.90 Å². The van der Waals surface area contributed by atoms with Gasteiger partial charge < -0.3 is 10.4 Å². The molecule has 0 radical (unpaired) electrons. The minimum Gasteiger partial charge on any atom is -0.508 e. The van der Waals surface area contributed by atoms with Gasteiger partial charge in [-0.15, -0.1) is 0 Å². The quantitative estimate of drug-likeness (QED) is 0.642. The number of carbonyl (C=O) groups is 1. The van der Waals surface area contributed by atoms with E-state index in [9.17, 15) is 9.90 Å². The lowest BCUT2D eigenvalue weighted by molar-refractivity contribution is 0.0977. The van der Waals surface area contributed by atoms with Gasteiger partial charge >= 0.3 is 0 Å². The Morgan fingerprint density at radius 3 is 2.82 bits per heavy atom. The largest absolute Gasteiger partial charge is 0.508 e. The van der Waals surface area contributed by atoms with Gasteiger partial charge in [0.2, 0.25) is 0 Å². The zero-order valence-corrected chi connectivity index (χ0v) is 9.16. The smallest absolute Gasteiger partial charge is 0.257 e. The van der Waals surface area contributed by atoms with Gasteiger partial charge in [0.05, 0.1) is 5.56 Å². The van der Waals surface area contributed by atoms with Crippen molar-refractivity contribution in [3.8, 4) is 5.75 Å². The van der Waals surface area contributed by atoms with Gasteiger partial charge in [0.1, 0.15) is 11.6 Å². The van der Waals surface area contributed by atoms with Crippen LogP contribution in [0.3, 0.4) is 0 Å². The molecule has 4 heteroatoms. The van der Waals surface area contributed by atoms with Crippen LogP contribution in [0.4, 0.5) is 0 Å². The Kier molecular flexibility index (Phi) is 1.78. The van der Waals surface area contributed by atoms with E-state index in [0.717, 1.165) is 16.3 Å². The molecule has 17 heavy (non-hydrogen) atoms. The lowest BCUT2D eigenvalue weighted by Crippen LogP contribution is -2.34. The number of benzene rings is 2. The van der Waals surface area contributed by atoms with Crippen LogP contribution in [-0.4, -0.2) is 16.8 Å². The highest BCUT2D eigenvalue weighted by molar-refractivity contribution is 6.26. The lowest BCUT2D eigenvalue weighted by atomic mass is 9.92. The van der Waals surface area contributed by atoms with Gasteiger partial charge in [0.25, 0.3) is 5.91 Å². The summed E-state index contributed by atoms with van der Waals surface area (Å²) in [5.41, 5.74) is 1.85. The molecule has 0 fully saturated rings. The predicted molar refractivity (Wildman–Crippen MR) is 64.6 cm³/mol. The number of amides is 1. The van der Waals surface area contributed by atoms with Crippen molar-refractivity contribution in [3.05, 3.63) is 41.0 Å². The molecule has 84 valence electrons. The molecular weight excluding hydrogens is 216 g/mol. The van der Waals surface area contributed by atoms with Crippen LogP contribution < -0.4 is 5.32 Å². The van der Waals surface area contributed by atoms with Crippen molar-refractivity contribution in [1.82, 2.24) is 5.32 Å². The molecule has 0 spiro atoms. The molecule has 3 rings (SSSR count). The number of phenolic OH excluding ortho intramolecular Hbond substituents is 1. The first-order chi connectivity index (χ1) is 8.09. The maximum Gasteiger partial charge on any atom is 0.257 e. The molecule has 0 saturated heterocycles. The van der Waals surface area contributed by atoms with Gasteiger partial charge in [0, 0.05) is 10.9 Å². The molecule has 1 aliphatic rings. The molecule has 0 unspecified atom stereocenters. The maximum absolute atomic E-state index is 11.8. The minimum absolute atomic E-state index is 0.105. The van der Waals surface area contributed by atoms with E-state index in [4.69, 9.17) is 5.41 Å². The normalized spacial score (nSPS) is 13.9. The molecule has 3 N–H and O–H groups in total. The summed E-state index contributed by atoms with van der Waals surface area (Å²) in [6.07, 6.45) is 0. The third kappa shape index (κ3) is 1.18. The molecule has 0 aromatic heterocycles. The molecule has 0 atom stereocenters. The summed E-state index contributed by atoms with van der Waals surface area (Å²) in [7, 11) is 0.